The van der Waals surface area contributed by atoms with Crippen LogP contribution in [0.5, 0.6) is 5.75 Å². The van der Waals surface area contributed by atoms with E-state index in [9.17, 15) is 9.59 Å². The second-order valence-electron chi connectivity index (χ2n) is 4.09. The molecule has 0 bridgehead atoms. The molecular weight excluding hydrogens is 242 g/mol. The van der Waals surface area contributed by atoms with Crippen molar-refractivity contribution in [2.75, 3.05) is 0 Å². The number of carboxylic acid groups (broad SMARTS) is 1. The molecule has 1 heterocycles. The van der Waals surface area contributed by atoms with E-state index in [1.807, 2.05) is 0 Å². The van der Waals surface area contributed by atoms with E-state index in [2.05, 4.69) is 4.98 Å². The van der Waals surface area contributed by atoms with Crippen molar-refractivity contribution in [2.45, 2.75) is 19.4 Å². The fraction of sp³-hybridized carbons (Fsp3) is 0.273. The summed E-state index contributed by atoms with van der Waals surface area (Å²) in [5.41, 5.74) is -0.574. The van der Waals surface area contributed by atoms with Gasteiger partial charge in [-0.1, -0.05) is 11.3 Å². The Morgan fingerprint density at radius 2 is 2.18 bits per heavy atom. The predicted octanol–water partition coefficient (Wildman–Crippen LogP) is 1.83. The second-order valence-corrected chi connectivity index (χ2v) is 5.10. The minimum atomic E-state index is -1.30. The van der Waals surface area contributed by atoms with Crippen molar-refractivity contribution in [2.24, 2.45) is 0 Å². The third-order valence-corrected chi connectivity index (χ3v) is 3.13. The molecule has 2 N–H and O–H groups in total. The normalized spacial score (nSPS) is 11.6. The lowest BCUT2D eigenvalue weighted by Gasteiger charge is -2.21. The fourth-order valence-electron chi connectivity index (χ4n) is 1.33. The number of rotatable bonds is 3. The van der Waals surface area contributed by atoms with Crippen molar-refractivity contribution in [3.63, 3.8) is 0 Å². The Hall–Kier alpha value is -1.82. The molecule has 6 heteroatoms. The Morgan fingerprint density at radius 1 is 1.47 bits per heavy atom. The zero-order chi connectivity index (χ0) is 12.6. The van der Waals surface area contributed by atoms with E-state index in [1.54, 1.807) is 18.2 Å². The van der Waals surface area contributed by atoms with Crippen LogP contribution in [0.4, 0.5) is 0 Å². The summed E-state index contributed by atoms with van der Waals surface area (Å²) in [6.07, 6.45) is 0. The number of nitrogens with one attached hydrogen (secondary N) is 1. The maximum absolute atomic E-state index is 11.1. The van der Waals surface area contributed by atoms with E-state index in [0.717, 1.165) is 21.6 Å². The van der Waals surface area contributed by atoms with Crippen LogP contribution in [-0.2, 0) is 4.79 Å². The van der Waals surface area contributed by atoms with Crippen LogP contribution in [0.1, 0.15) is 13.8 Å². The zero-order valence-corrected chi connectivity index (χ0v) is 10.1. The molecule has 1 aromatic carbocycles. The van der Waals surface area contributed by atoms with E-state index < -0.39 is 11.6 Å². The van der Waals surface area contributed by atoms with Gasteiger partial charge in [0.25, 0.3) is 0 Å². The first-order valence-electron chi connectivity index (χ1n) is 4.94. The van der Waals surface area contributed by atoms with E-state index >= 15 is 0 Å². The molecule has 2 aromatic rings. The van der Waals surface area contributed by atoms with Gasteiger partial charge in [-0.25, -0.2) is 4.79 Å². The summed E-state index contributed by atoms with van der Waals surface area (Å²) in [4.78, 5) is 24.6. The molecule has 0 radical (unpaired) electrons. The summed E-state index contributed by atoms with van der Waals surface area (Å²) in [5.74, 6) is -0.611. The monoisotopic (exact) mass is 253 g/mol. The van der Waals surface area contributed by atoms with Crippen molar-refractivity contribution < 1.29 is 14.6 Å². The lowest BCUT2D eigenvalue weighted by molar-refractivity contribution is -0.152. The number of aromatic nitrogens is 1. The van der Waals surface area contributed by atoms with Crippen LogP contribution in [0, 0.1) is 0 Å². The number of aliphatic carboxylic acids is 1. The zero-order valence-electron chi connectivity index (χ0n) is 9.31. The number of carbonyl (C=O) groups is 1. The summed E-state index contributed by atoms with van der Waals surface area (Å²) in [7, 11) is 0. The van der Waals surface area contributed by atoms with E-state index in [4.69, 9.17) is 9.84 Å². The standard InChI is InChI=1S/C11H11NO4S/c1-11(2,9(13)14)16-6-3-4-7-8(5-6)17-10(15)12-7/h3-5H,1-2H3,(H,12,15)(H,13,14). The maximum atomic E-state index is 11.1. The Labute approximate surface area is 101 Å². The Kier molecular flexibility index (Phi) is 2.66. The molecule has 17 heavy (non-hydrogen) atoms. The van der Waals surface area contributed by atoms with Gasteiger partial charge >= 0.3 is 10.8 Å². The van der Waals surface area contributed by atoms with Gasteiger partial charge in [-0.2, -0.15) is 0 Å². The number of hydrogen-bond donors (Lipinski definition) is 2. The lowest BCUT2D eigenvalue weighted by Crippen LogP contribution is -2.37. The van der Waals surface area contributed by atoms with Gasteiger partial charge in [0.2, 0.25) is 0 Å². The quantitative estimate of drug-likeness (QED) is 0.874. The van der Waals surface area contributed by atoms with Crippen molar-refractivity contribution in [1.29, 1.82) is 0 Å². The number of hydrogen-bond acceptors (Lipinski definition) is 4. The van der Waals surface area contributed by atoms with Crippen molar-refractivity contribution in [1.82, 2.24) is 4.98 Å². The van der Waals surface area contributed by atoms with Crippen molar-refractivity contribution in [3.05, 3.63) is 27.9 Å². The molecule has 90 valence electrons. The summed E-state index contributed by atoms with van der Waals surface area (Å²) < 4.78 is 6.12. The van der Waals surface area contributed by atoms with Gasteiger partial charge in [0, 0.05) is 0 Å². The number of benzene rings is 1. The number of ether oxygens (including phenoxy) is 1. The number of aromatic amines is 1. The molecule has 1 aromatic heterocycles. The molecule has 0 fully saturated rings. The maximum Gasteiger partial charge on any atom is 0.347 e. The largest absolute Gasteiger partial charge is 0.478 e. The van der Waals surface area contributed by atoms with Crippen molar-refractivity contribution in [3.8, 4) is 5.75 Å². The van der Waals surface area contributed by atoms with Gasteiger partial charge < -0.3 is 14.8 Å². The molecule has 0 unspecified atom stereocenters. The highest BCUT2D eigenvalue weighted by molar-refractivity contribution is 7.16. The fourth-order valence-corrected chi connectivity index (χ4v) is 2.09. The Balaban J connectivity index is 2.37. The molecule has 0 saturated carbocycles. The van der Waals surface area contributed by atoms with Gasteiger partial charge in [0.15, 0.2) is 5.60 Å². The van der Waals surface area contributed by atoms with Crippen LogP contribution in [0.2, 0.25) is 0 Å². The van der Waals surface area contributed by atoms with E-state index in [0.29, 0.717) is 5.75 Å². The minimum absolute atomic E-state index is 0.144. The van der Waals surface area contributed by atoms with Gasteiger partial charge in [-0.15, -0.1) is 0 Å². The van der Waals surface area contributed by atoms with Gasteiger partial charge in [0.05, 0.1) is 10.2 Å². The topological polar surface area (TPSA) is 79.4 Å². The molecule has 0 aliphatic rings. The van der Waals surface area contributed by atoms with Crippen LogP contribution in [0.3, 0.4) is 0 Å². The molecule has 0 aliphatic carbocycles. The molecule has 0 aliphatic heterocycles. The Bertz CT molecular complexity index is 626. The average Bonchev–Trinajstić information content (AvgIpc) is 2.56. The van der Waals surface area contributed by atoms with E-state index in [-0.39, 0.29) is 4.87 Å². The first-order chi connectivity index (χ1) is 7.88. The van der Waals surface area contributed by atoms with Crippen molar-refractivity contribution >= 4 is 27.5 Å². The van der Waals surface area contributed by atoms with Crippen LogP contribution in [-0.4, -0.2) is 21.7 Å². The highest BCUT2D eigenvalue weighted by atomic mass is 32.1. The number of fused-ring (bicyclic) bond motifs is 1. The highest BCUT2D eigenvalue weighted by Crippen LogP contribution is 2.24. The number of carboxylic acids is 1. The molecule has 0 spiro atoms. The summed E-state index contributed by atoms with van der Waals surface area (Å²) >= 11 is 1.06. The van der Waals surface area contributed by atoms with Crippen LogP contribution >= 0.6 is 11.3 Å². The predicted molar refractivity (Wildman–Crippen MR) is 64.8 cm³/mol. The number of H-pyrrole nitrogens is 1. The van der Waals surface area contributed by atoms with Gasteiger partial charge in [0.1, 0.15) is 5.75 Å². The van der Waals surface area contributed by atoms with Crippen LogP contribution in [0.15, 0.2) is 23.0 Å². The smallest absolute Gasteiger partial charge is 0.347 e. The van der Waals surface area contributed by atoms with Gasteiger partial charge in [-0.05, 0) is 32.0 Å². The lowest BCUT2D eigenvalue weighted by atomic mass is 10.1. The van der Waals surface area contributed by atoms with Gasteiger partial charge in [-0.3, -0.25) is 4.79 Å². The second kappa shape index (κ2) is 3.89. The SMILES string of the molecule is CC(C)(Oc1ccc2[nH]c(=O)sc2c1)C(=O)O. The summed E-state index contributed by atoms with van der Waals surface area (Å²) in [6.45, 7) is 2.94. The third-order valence-electron chi connectivity index (χ3n) is 2.28. The molecule has 0 amide bonds. The Morgan fingerprint density at radius 3 is 2.82 bits per heavy atom. The summed E-state index contributed by atoms with van der Waals surface area (Å²) in [6, 6.07) is 4.98. The number of thiazole rings is 1. The molecule has 0 atom stereocenters. The molecule has 0 saturated heterocycles. The third kappa shape index (κ3) is 2.31. The molecule has 5 nitrogen and oxygen atoms in total. The van der Waals surface area contributed by atoms with Crippen LogP contribution < -0.4 is 9.61 Å². The molecule has 2 rings (SSSR count). The minimum Gasteiger partial charge on any atom is -0.478 e. The molecular formula is C11H11NO4S. The van der Waals surface area contributed by atoms with Crippen LogP contribution in [0.25, 0.3) is 10.2 Å². The highest BCUT2D eigenvalue weighted by Gasteiger charge is 2.29. The summed E-state index contributed by atoms with van der Waals surface area (Å²) in [5, 5.41) is 8.94. The van der Waals surface area contributed by atoms with E-state index in [1.165, 1.54) is 13.8 Å². The first-order valence-corrected chi connectivity index (χ1v) is 5.75. The first kappa shape index (κ1) is 11.7. The average molecular weight is 253 g/mol.